The van der Waals surface area contributed by atoms with Crippen molar-refractivity contribution >= 4 is 45.7 Å². The first kappa shape index (κ1) is 23.0. The van der Waals surface area contributed by atoms with Crippen LogP contribution in [0.25, 0.3) is 11.0 Å². The molecular formula is C22H28ClN5O3S. The number of thiophene rings is 1. The lowest BCUT2D eigenvalue weighted by Gasteiger charge is -2.20. The summed E-state index contributed by atoms with van der Waals surface area (Å²) < 4.78 is 1.84. The van der Waals surface area contributed by atoms with Crippen molar-refractivity contribution < 1.29 is 15.0 Å². The molecule has 10 heteroatoms. The van der Waals surface area contributed by atoms with E-state index in [0.717, 1.165) is 28.1 Å². The molecule has 3 aromatic rings. The highest BCUT2D eigenvalue weighted by Gasteiger charge is 2.46. The van der Waals surface area contributed by atoms with E-state index in [1.165, 1.54) is 6.33 Å². The summed E-state index contributed by atoms with van der Waals surface area (Å²) in [5.41, 5.74) is 0.652. The molecule has 0 bridgehead atoms. The molecule has 4 N–H and O–H groups in total. The number of halogens is 1. The fraction of sp³-hybridized carbons (Fsp3) is 0.500. The lowest BCUT2D eigenvalue weighted by molar-refractivity contribution is -0.128. The zero-order chi connectivity index (χ0) is 22.8. The summed E-state index contributed by atoms with van der Waals surface area (Å²) in [6.45, 7) is 4.42. The monoisotopic (exact) mass is 477 g/mol. The molecule has 4 rings (SSSR count). The molecule has 172 valence electrons. The van der Waals surface area contributed by atoms with E-state index in [1.807, 2.05) is 35.2 Å². The van der Waals surface area contributed by atoms with E-state index in [1.54, 1.807) is 11.3 Å². The van der Waals surface area contributed by atoms with Crippen LogP contribution in [0.4, 0.5) is 5.82 Å². The molecule has 0 spiro atoms. The summed E-state index contributed by atoms with van der Waals surface area (Å²) in [6, 6.07) is 3.51. The molecule has 32 heavy (non-hydrogen) atoms. The van der Waals surface area contributed by atoms with E-state index in [-0.39, 0.29) is 11.9 Å². The summed E-state index contributed by atoms with van der Waals surface area (Å²) in [5, 5.41) is 31.0. The lowest BCUT2D eigenvalue weighted by atomic mass is 10.0. The number of fused-ring (bicyclic) bond motifs is 1. The fourth-order valence-electron chi connectivity index (χ4n) is 4.39. The fourth-order valence-corrected chi connectivity index (χ4v) is 5.58. The predicted octanol–water partition coefficient (Wildman–Crippen LogP) is 3.00. The van der Waals surface area contributed by atoms with Gasteiger partial charge >= 0.3 is 0 Å². The quantitative estimate of drug-likeness (QED) is 0.397. The lowest BCUT2D eigenvalue weighted by Crippen LogP contribution is -2.38. The van der Waals surface area contributed by atoms with E-state index >= 15 is 0 Å². The smallest absolute Gasteiger partial charge is 0.225 e. The molecule has 3 aromatic heterocycles. The van der Waals surface area contributed by atoms with Crippen LogP contribution in [0.2, 0.25) is 5.02 Å². The number of carbonyl (C=O) groups is 1. The second kappa shape index (κ2) is 9.74. The molecular weight excluding hydrogens is 450 g/mol. The van der Waals surface area contributed by atoms with Crippen LogP contribution in [0.1, 0.15) is 37.6 Å². The zero-order valence-electron chi connectivity index (χ0n) is 18.0. The SMILES string of the molecule is CCNC(=O)C1CC(n2ccc3c(NC(CC)Cc4sccc4Cl)ncnc32)C(O)C1O. The minimum absolute atomic E-state index is 0.147. The van der Waals surface area contributed by atoms with Crippen molar-refractivity contribution in [2.75, 3.05) is 11.9 Å². The molecule has 1 amide bonds. The highest BCUT2D eigenvalue weighted by Crippen LogP contribution is 2.38. The van der Waals surface area contributed by atoms with Gasteiger partial charge in [0.05, 0.1) is 28.5 Å². The number of anilines is 1. The molecule has 1 fully saturated rings. The molecule has 0 aromatic carbocycles. The van der Waals surface area contributed by atoms with Crippen LogP contribution >= 0.6 is 22.9 Å². The van der Waals surface area contributed by atoms with Crippen LogP contribution < -0.4 is 10.6 Å². The molecule has 0 saturated heterocycles. The summed E-state index contributed by atoms with van der Waals surface area (Å²) in [4.78, 5) is 22.3. The van der Waals surface area contributed by atoms with Crippen molar-refractivity contribution in [1.82, 2.24) is 19.9 Å². The number of carbonyl (C=O) groups excluding carboxylic acids is 1. The van der Waals surface area contributed by atoms with Gasteiger partial charge in [-0.2, -0.15) is 0 Å². The van der Waals surface area contributed by atoms with Crippen LogP contribution in [0.5, 0.6) is 0 Å². The minimum Gasteiger partial charge on any atom is -0.390 e. The van der Waals surface area contributed by atoms with Gasteiger partial charge in [0.15, 0.2) is 0 Å². The third kappa shape index (κ3) is 4.34. The Bertz CT molecular complexity index is 1090. The Morgan fingerprint density at radius 3 is 2.81 bits per heavy atom. The first-order valence-corrected chi connectivity index (χ1v) is 12.1. The number of hydrogen-bond donors (Lipinski definition) is 4. The number of nitrogens with one attached hydrogen (secondary N) is 2. The van der Waals surface area contributed by atoms with Crippen LogP contribution in [-0.4, -0.2) is 55.4 Å². The normalized spacial score (nSPS) is 24.0. The molecule has 1 aliphatic rings. The van der Waals surface area contributed by atoms with E-state index in [9.17, 15) is 15.0 Å². The van der Waals surface area contributed by atoms with Crippen LogP contribution in [0.15, 0.2) is 30.0 Å². The van der Waals surface area contributed by atoms with Gasteiger partial charge in [0.2, 0.25) is 5.91 Å². The van der Waals surface area contributed by atoms with Gasteiger partial charge in [-0.1, -0.05) is 18.5 Å². The average molecular weight is 478 g/mol. The Kier molecular flexibility index (Phi) is 6.99. The van der Waals surface area contributed by atoms with E-state index < -0.39 is 24.2 Å². The summed E-state index contributed by atoms with van der Waals surface area (Å²) in [5.74, 6) is -0.193. The van der Waals surface area contributed by atoms with Crippen molar-refractivity contribution in [2.24, 2.45) is 5.92 Å². The largest absolute Gasteiger partial charge is 0.390 e. The van der Waals surface area contributed by atoms with Crippen molar-refractivity contribution in [1.29, 1.82) is 0 Å². The van der Waals surface area contributed by atoms with Gasteiger partial charge in [-0.25, -0.2) is 9.97 Å². The van der Waals surface area contributed by atoms with Gasteiger partial charge in [-0.15, -0.1) is 11.3 Å². The number of nitrogens with zero attached hydrogens (tertiary/aromatic N) is 3. The Balaban J connectivity index is 1.58. The maximum Gasteiger partial charge on any atom is 0.225 e. The number of aromatic nitrogens is 3. The maximum absolute atomic E-state index is 12.3. The Hall–Kier alpha value is -2.20. The van der Waals surface area contributed by atoms with Gasteiger partial charge in [0, 0.05) is 30.1 Å². The molecule has 3 heterocycles. The van der Waals surface area contributed by atoms with Crippen LogP contribution in [0, 0.1) is 5.92 Å². The molecule has 5 atom stereocenters. The molecule has 1 saturated carbocycles. The summed E-state index contributed by atoms with van der Waals surface area (Å²) in [7, 11) is 0. The van der Waals surface area contributed by atoms with Gasteiger partial charge < -0.3 is 25.4 Å². The van der Waals surface area contributed by atoms with Crippen molar-refractivity contribution in [3.63, 3.8) is 0 Å². The molecule has 1 aliphatic carbocycles. The molecule has 8 nitrogen and oxygen atoms in total. The highest BCUT2D eigenvalue weighted by molar-refractivity contribution is 7.10. The van der Waals surface area contributed by atoms with E-state index in [2.05, 4.69) is 27.5 Å². The van der Waals surface area contributed by atoms with Crippen molar-refractivity contribution in [3.05, 3.63) is 39.9 Å². The average Bonchev–Trinajstić information content (AvgIpc) is 3.47. The Morgan fingerprint density at radius 2 is 2.12 bits per heavy atom. The van der Waals surface area contributed by atoms with Crippen LogP contribution in [-0.2, 0) is 11.2 Å². The number of rotatable bonds is 8. The second-order valence-electron chi connectivity index (χ2n) is 8.11. The Labute approximate surface area is 195 Å². The second-order valence-corrected chi connectivity index (χ2v) is 9.52. The van der Waals surface area contributed by atoms with Crippen molar-refractivity contribution in [3.8, 4) is 0 Å². The predicted molar refractivity (Wildman–Crippen MR) is 126 cm³/mol. The summed E-state index contributed by atoms with van der Waals surface area (Å²) in [6.07, 6.45) is 3.16. The molecule has 5 unspecified atom stereocenters. The standard InChI is InChI=1S/C22H28ClN5O3S/c1-3-12(9-17-15(23)6-8-32-17)27-20-13-5-7-28(21(13)26-11-25-20)16-10-14(18(29)19(16)30)22(31)24-4-2/h5-8,11-12,14,16,18-19,29-30H,3-4,9-10H2,1-2H3,(H,24,31)(H,25,26,27). The highest BCUT2D eigenvalue weighted by atomic mass is 35.5. The van der Waals surface area contributed by atoms with Crippen molar-refractivity contribution in [2.45, 2.75) is 57.4 Å². The van der Waals surface area contributed by atoms with Gasteiger partial charge in [-0.05, 0) is 37.3 Å². The zero-order valence-corrected chi connectivity index (χ0v) is 19.6. The van der Waals surface area contributed by atoms with E-state index in [0.29, 0.717) is 24.4 Å². The van der Waals surface area contributed by atoms with Gasteiger partial charge in [0.1, 0.15) is 23.9 Å². The first-order chi connectivity index (χ1) is 15.4. The first-order valence-electron chi connectivity index (χ1n) is 10.9. The summed E-state index contributed by atoms with van der Waals surface area (Å²) >= 11 is 7.92. The molecule has 0 radical (unpaired) electrons. The minimum atomic E-state index is -1.12. The van der Waals surface area contributed by atoms with Gasteiger partial charge in [0.25, 0.3) is 0 Å². The third-order valence-electron chi connectivity index (χ3n) is 6.16. The molecule has 0 aliphatic heterocycles. The van der Waals surface area contributed by atoms with Gasteiger partial charge in [-0.3, -0.25) is 4.79 Å². The number of hydrogen-bond acceptors (Lipinski definition) is 7. The number of aliphatic hydroxyl groups is 2. The number of aliphatic hydroxyl groups excluding tert-OH is 2. The number of amides is 1. The topological polar surface area (TPSA) is 112 Å². The Morgan fingerprint density at radius 1 is 1.31 bits per heavy atom. The van der Waals surface area contributed by atoms with E-state index in [4.69, 9.17) is 11.6 Å². The third-order valence-corrected chi connectivity index (χ3v) is 7.57. The van der Waals surface area contributed by atoms with Crippen LogP contribution in [0.3, 0.4) is 0 Å². The maximum atomic E-state index is 12.3.